The SMILES string of the molecule is O=C(c1cn2c(n1)NCCC2)N1CCS(=O)(=O)CC1. The van der Waals surface area contributed by atoms with E-state index in [-0.39, 0.29) is 30.5 Å². The maximum Gasteiger partial charge on any atom is 0.274 e. The number of aryl methyl sites for hydroxylation is 1. The number of carbonyl (C=O) groups excluding carboxylic acids is 1. The van der Waals surface area contributed by atoms with Crippen LogP contribution in [-0.2, 0) is 16.4 Å². The smallest absolute Gasteiger partial charge is 0.274 e. The Morgan fingerprint density at radius 3 is 2.68 bits per heavy atom. The molecule has 3 rings (SSSR count). The van der Waals surface area contributed by atoms with Gasteiger partial charge < -0.3 is 14.8 Å². The van der Waals surface area contributed by atoms with E-state index in [1.807, 2.05) is 4.57 Å². The van der Waals surface area contributed by atoms with Crippen LogP contribution in [0.3, 0.4) is 0 Å². The first kappa shape index (κ1) is 12.5. The Balaban J connectivity index is 1.75. The Morgan fingerprint density at radius 2 is 2.00 bits per heavy atom. The van der Waals surface area contributed by atoms with Crippen LogP contribution in [0.25, 0.3) is 0 Å². The minimum atomic E-state index is -2.97. The summed E-state index contributed by atoms with van der Waals surface area (Å²) in [4.78, 5) is 18.1. The van der Waals surface area contributed by atoms with Crippen molar-refractivity contribution in [2.24, 2.45) is 0 Å². The predicted octanol–water partition coefficient (Wildman–Crippen LogP) is -0.431. The van der Waals surface area contributed by atoms with Crippen molar-refractivity contribution in [3.63, 3.8) is 0 Å². The number of nitrogens with zero attached hydrogens (tertiary/aromatic N) is 3. The van der Waals surface area contributed by atoms with Gasteiger partial charge in [0, 0.05) is 32.4 Å². The van der Waals surface area contributed by atoms with E-state index in [0.29, 0.717) is 5.69 Å². The number of amides is 1. The summed E-state index contributed by atoms with van der Waals surface area (Å²) in [5.41, 5.74) is 0.392. The lowest BCUT2D eigenvalue weighted by atomic mass is 10.3. The van der Waals surface area contributed by atoms with E-state index in [9.17, 15) is 13.2 Å². The van der Waals surface area contributed by atoms with E-state index < -0.39 is 9.84 Å². The summed E-state index contributed by atoms with van der Waals surface area (Å²) >= 11 is 0. The fourth-order valence-electron chi connectivity index (χ4n) is 2.36. The third-order valence-corrected chi connectivity index (χ3v) is 5.10. The van der Waals surface area contributed by atoms with Crippen LogP contribution in [0.4, 0.5) is 5.95 Å². The standard InChI is InChI=1S/C11H16N4O3S/c16-10(14-4-6-19(17,18)7-5-14)9-8-15-3-1-2-12-11(15)13-9/h8H,1-7H2,(H,12,13). The van der Waals surface area contributed by atoms with Crippen LogP contribution < -0.4 is 5.32 Å². The van der Waals surface area contributed by atoms with Crippen LogP contribution in [0.1, 0.15) is 16.9 Å². The fraction of sp³-hybridized carbons (Fsp3) is 0.636. The van der Waals surface area contributed by atoms with Crippen LogP contribution >= 0.6 is 0 Å². The maximum atomic E-state index is 12.3. The molecule has 0 spiro atoms. The van der Waals surface area contributed by atoms with Gasteiger partial charge in [0.25, 0.3) is 5.91 Å². The molecule has 0 radical (unpaired) electrons. The molecule has 7 nitrogen and oxygen atoms in total. The third kappa shape index (κ3) is 2.44. The third-order valence-electron chi connectivity index (χ3n) is 3.49. The number of imidazole rings is 1. The first-order valence-corrected chi connectivity index (χ1v) is 8.18. The highest BCUT2D eigenvalue weighted by Gasteiger charge is 2.27. The zero-order chi connectivity index (χ0) is 13.5. The van der Waals surface area contributed by atoms with Gasteiger partial charge in [-0.3, -0.25) is 4.79 Å². The molecule has 1 fully saturated rings. The number of sulfone groups is 1. The molecule has 1 N–H and O–H groups in total. The average molecular weight is 284 g/mol. The van der Waals surface area contributed by atoms with Crippen molar-refractivity contribution in [3.05, 3.63) is 11.9 Å². The molecule has 0 aromatic carbocycles. The highest BCUT2D eigenvalue weighted by Crippen LogP contribution is 2.16. The second-order valence-electron chi connectivity index (χ2n) is 4.87. The molecule has 0 unspecified atom stereocenters. The lowest BCUT2D eigenvalue weighted by Crippen LogP contribution is -2.43. The molecule has 1 aromatic heterocycles. The molecule has 2 aliphatic rings. The fourth-order valence-corrected chi connectivity index (χ4v) is 3.56. The molecule has 0 bridgehead atoms. The summed E-state index contributed by atoms with van der Waals surface area (Å²) in [5, 5.41) is 3.14. The molecular weight excluding hydrogens is 268 g/mol. The van der Waals surface area contributed by atoms with Gasteiger partial charge in [0.15, 0.2) is 9.84 Å². The van der Waals surface area contributed by atoms with Crippen LogP contribution in [0.15, 0.2) is 6.20 Å². The zero-order valence-corrected chi connectivity index (χ0v) is 11.3. The van der Waals surface area contributed by atoms with E-state index in [0.717, 1.165) is 25.5 Å². The molecule has 1 aromatic rings. The number of hydrogen-bond donors (Lipinski definition) is 1. The Morgan fingerprint density at radius 1 is 1.26 bits per heavy atom. The van der Waals surface area contributed by atoms with Gasteiger partial charge in [-0.25, -0.2) is 13.4 Å². The molecule has 0 atom stereocenters. The Hall–Kier alpha value is -1.57. The second kappa shape index (κ2) is 4.52. The highest BCUT2D eigenvalue weighted by atomic mass is 32.2. The average Bonchev–Trinajstić information content (AvgIpc) is 2.81. The van der Waals surface area contributed by atoms with E-state index in [4.69, 9.17) is 0 Å². The first-order chi connectivity index (χ1) is 9.05. The minimum Gasteiger partial charge on any atom is -0.356 e. The number of fused-ring (bicyclic) bond motifs is 1. The molecule has 19 heavy (non-hydrogen) atoms. The van der Waals surface area contributed by atoms with Crippen molar-refractivity contribution in [2.75, 3.05) is 36.5 Å². The quantitative estimate of drug-likeness (QED) is 0.756. The number of hydrogen-bond acceptors (Lipinski definition) is 5. The van der Waals surface area contributed by atoms with Gasteiger partial charge in [0.1, 0.15) is 5.69 Å². The van der Waals surface area contributed by atoms with E-state index >= 15 is 0 Å². The zero-order valence-electron chi connectivity index (χ0n) is 10.5. The topological polar surface area (TPSA) is 84.3 Å². The second-order valence-corrected chi connectivity index (χ2v) is 7.17. The van der Waals surface area contributed by atoms with Crippen molar-refractivity contribution in [1.82, 2.24) is 14.5 Å². The van der Waals surface area contributed by atoms with Crippen LogP contribution in [-0.4, -0.2) is 59.9 Å². The van der Waals surface area contributed by atoms with Crippen molar-refractivity contribution in [2.45, 2.75) is 13.0 Å². The van der Waals surface area contributed by atoms with Gasteiger partial charge in [-0.1, -0.05) is 0 Å². The summed E-state index contributed by atoms with van der Waals surface area (Å²) < 4.78 is 24.6. The molecule has 2 aliphatic heterocycles. The van der Waals surface area contributed by atoms with Crippen LogP contribution in [0.2, 0.25) is 0 Å². The van der Waals surface area contributed by atoms with E-state index in [1.54, 1.807) is 11.1 Å². The first-order valence-electron chi connectivity index (χ1n) is 6.36. The van der Waals surface area contributed by atoms with Crippen molar-refractivity contribution in [3.8, 4) is 0 Å². The molecule has 0 saturated carbocycles. The molecule has 1 amide bonds. The lowest BCUT2D eigenvalue weighted by Gasteiger charge is -2.25. The Labute approximate surface area is 111 Å². The van der Waals surface area contributed by atoms with Gasteiger partial charge in [-0.2, -0.15) is 0 Å². The van der Waals surface area contributed by atoms with Crippen molar-refractivity contribution < 1.29 is 13.2 Å². The predicted molar refractivity (Wildman–Crippen MR) is 69.9 cm³/mol. The monoisotopic (exact) mass is 284 g/mol. The number of carbonyl (C=O) groups is 1. The van der Waals surface area contributed by atoms with Crippen LogP contribution in [0, 0.1) is 0 Å². The van der Waals surface area contributed by atoms with E-state index in [1.165, 1.54) is 0 Å². The number of anilines is 1. The molecule has 104 valence electrons. The molecule has 1 saturated heterocycles. The normalized spacial score (nSPS) is 21.6. The highest BCUT2D eigenvalue weighted by molar-refractivity contribution is 7.91. The molecule has 8 heteroatoms. The summed E-state index contributed by atoms with van der Waals surface area (Å²) in [6.07, 6.45) is 2.76. The van der Waals surface area contributed by atoms with Crippen LogP contribution in [0.5, 0.6) is 0 Å². The molecule has 3 heterocycles. The number of aromatic nitrogens is 2. The minimum absolute atomic E-state index is 0.0462. The van der Waals surface area contributed by atoms with E-state index in [2.05, 4.69) is 10.3 Å². The number of nitrogens with one attached hydrogen (secondary N) is 1. The Kier molecular flexibility index (Phi) is 2.96. The summed E-state index contributed by atoms with van der Waals surface area (Å²) in [6, 6.07) is 0. The van der Waals surface area contributed by atoms with Gasteiger partial charge in [-0.15, -0.1) is 0 Å². The van der Waals surface area contributed by atoms with Crippen molar-refractivity contribution in [1.29, 1.82) is 0 Å². The lowest BCUT2D eigenvalue weighted by molar-refractivity contribution is 0.0765. The van der Waals surface area contributed by atoms with Gasteiger partial charge in [0.2, 0.25) is 5.95 Å². The van der Waals surface area contributed by atoms with Gasteiger partial charge >= 0.3 is 0 Å². The summed E-state index contributed by atoms with van der Waals surface area (Å²) in [5.74, 6) is 0.632. The summed E-state index contributed by atoms with van der Waals surface area (Å²) in [6.45, 7) is 2.25. The van der Waals surface area contributed by atoms with Crippen molar-refractivity contribution >= 4 is 21.7 Å². The largest absolute Gasteiger partial charge is 0.356 e. The number of rotatable bonds is 1. The molecule has 0 aliphatic carbocycles. The van der Waals surface area contributed by atoms with Gasteiger partial charge in [0.05, 0.1) is 11.5 Å². The summed E-state index contributed by atoms with van der Waals surface area (Å²) in [7, 11) is -2.97. The molecular formula is C11H16N4O3S. The maximum absolute atomic E-state index is 12.3. The van der Waals surface area contributed by atoms with Gasteiger partial charge in [-0.05, 0) is 6.42 Å². The Bertz CT molecular complexity index is 570.